The Morgan fingerprint density at radius 3 is 2.50 bits per heavy atom. The number of nitrogens with one attached hydrogen (secondary N) is 1. The van der Waals surface area contributed by atoms with Gasteiger partial charge >= 0.3 is 0 Å². The third kappa shape index (κ3) is 3.41. The minimum Gasteiger partial charge on any atom is -0.494 e. The summed E-state index contributed by atoms with van der Waals surface area (Å²) in [4.78, 5) is 0. The summed E-state index contributed by atoms with van der Waals surface area (Å²) >= 11 is 0. The first-order valence-electron chi connectivity index (χ1n) is 5.78. The SMILES string of the molecule is COc1ccc(CC(NN)C(C)(C)OC)cc1F. The Labute approximate surface area is 107 Å². The first kappa shape index (κ1) is 14.9. The number of halogens is 1. The second-order valence-corrected chi connectivity index (χ2v) is 4.70. The molecule has 1 aromatic carbocycles. The Kier molecular flexibility index (Phi) is 5.07. The van der Waals surface area contributed by atoms with Gasteiger partial charge < -0.3 is 9.47 Å². The zero-order chi connectivity index (χ0) is 13.8. The maximum Gasteiger partial charge on any atom is 0.165 e. The number of hydrogen-bond acceptors (Lipinski definition) is 4. The molecule has 0 fully saturated rings. The molecule has 18 heavy (non-hydrogen) atoms. The van der Waals surface area contributed by atoms with Crippen molar-refractivity contribution in [3.8, 4) is 5.75 Å². The van der Waals surface area contributed by atoms with E-state index in [1.54, 1.807) is 13.2 Å². The molecule has 1 aromatic rings. The standard InChI is InChI=1S/C13H21FN2O2/c1-13(2,18-4)12(16-15)8-9-5-6-11(17-3)10(14)7-9/h5-7,12,16H,8,15H2,1-4H3. The van der Waals surface area contributed by atoms with Gasteiger partial charge in [0, 0.05) is 7.11 Å². The lowest BCUT2D eigenvalue weighted by atomic mass is 9.92. The van der Waals surface area contributed by atoms with E-state index >= 15 is 0 Å². The summed E-state index contributed by atoms with van der Waals surface area (Å²) in [5.41, 5.74) is 3.11. The Bertz CT molecular complexity index is 397. The van der Waals surface area contributed by atoms with E-state index in [-0.39, 0.29) is 17.6 Å². The molecule has 0 aliphatic rings. The fourth-order valence-electron chi connectivity index (χ4n) is 1.72. The first-order chi connectivity index (χ1) is 8.44. The van der Waals surface area contributed by atoms with Crippen molar-refractivity contribution in [3.63, 3.8) is 0 Å². The summed E-state index contributed by atoms with van der Waals surface area (Å²) in [6.07, 6.45) is 0.568. The summed E-state index contributed by atoms with van der Waals surface area (Å²) in [6, 6.07) is 4.76. The van der Waals surface area contributed by atoms with Gasteiger partial charge in [-0.25, -0.2) is 4.39 Å². The van der Waals surface area contributed by atoms with Gasteiger partial charge in [0.15, 0.2) is 11.6 Å². The molecule has 0 radical (unpaired) electrons. The van der Waals surface area contributed by atoms with Crippen LogP contribution in [-0.4, -0.2) is 25.9 Å². The molecule has 1 unspecified atom stereocenters. The predicted octanol–water partition coefficient (Wildman–Crippen LogP) is 1.63. The van der Waals surface area contributed by atoms with Crippen LogP contribution >= 0.6 is 0 Å². The zero-order valence-corrected chi connectivity index (χ0v) is 11.3. The van der Waals surface area contributed by atoms with Gasteiger partial charge in [-0.05, 0) is 38.0 Å². The molecule has 0 saturated carbocycles. The van der Waals surface area contributed by atoms with Gasteiger partial charge in [-0.2, -0.15) is 0 Å². The molecule has 1 rings (SSSR count). The molecule has 0 bridgehead atoms. The van der Waals surface area contributed by atoms with Crippen LogP contribution in [0.2, 0.25) is 0 Å². The third-order valence-electron chi connectivity index (χ3n) is 3.22. The van der Waals surface area contributed by atoms with E-state index in [4.69, 9.17) is 15.3 Å². The van der Waals surface area contributed by atoms with Crippen molar-refractivity contribution < 1.29 is 13.9 Å². The number of ether oxygens (including phenoxy) is 2. The normalized spacial score (nSPS) is 13.4. The second-order valence-electron chi connectivity index (χ2n) is 4.70. The predicted molar refractivity (Wildman–Crippen MR) is 68.9 cm³/mol. The van der Waals surface area contributed by atoms with Crippen LogP contribution in [0.15, 0.2) is 18.2 Å². The van der Waals surface area contributed by atoms with Gasteiger partial charge in [-0.3, -0.25) is 11.3 Å². The van der Waals surface area contributed by atoms with Gasteiger partial charge in [0.1, 0.15) is 0 Å². The van der Waals surface area contributed by atoms with Crippen LogP contribution in [0.5, 0.6) is 5.75 Å². The molecule has 0 aliphatic heterocycles. The van der Waals surface area contributed by atoms with Gasteiger partial charge in [0.25, 0.3) is 0 Å². The number of nitrogens with two attached hydrogens (primary N) is 1. The molecule has 4 nitrogen and oxygen atoms in total. The highest BCUT2D eigenvalue weighted by Gasteiger charge is 2.28. The molecule has 102 valence electrons. The number of hydrazine groups is 1. The Morgan fingerprint density at radius 1 is 1.39 bits per heavy atom. The van der Waals surface area contributed by atoms with E-state index in [1.165, 1.54) is 13.2 Å². The van der Waals surface area contributed by atoms with Crippen molar-refractivity contribution >= 4 is 0 Å². The highest BCUT2D eigenvalue weighted by molar-refractivity contribution is 5.30. The van der Waals surface area contributed by atoms with Crippen molar-refractivity contribution in [1.82, 2.24) is 5.43 Å². The molecule has 0 heterocycles. The van der Waals surface area contributed by atoms with E-state index in [0.717, 1.165) is 5.56 Å². The molecule has 3 N–H and O–H groups in total. The largest absolute Gasteiger partial charge is 0.494 e. The molecule has 0 aromatic heterocycles. The molecule has 0 spiro atoms. The Balaban J connectivity index is 2.86. The first-order valence-corrected chi connectivity index (χ1v) is 5.78. The van der Waals surface area contributed by atoms with Crippen LogP contribution in [-0.2, 0) is 11.2 Å². The lowest BCUT2D eigenvalue weighted by Gasteiger charge is -2.32. The van der Waals surface area contributed by atoms with Crippen molar-refractivity contribution in [1.29, 1.82) is 0 Å². The molecule has 1 atom stereocenters. The number of benzene rings is 1. The highest BCUT2D eigenvalue weighted by atomic mass is 19.1. The lowest BCUT2D eigenvalue weighted by molar-refractivity contribution is -0.0101. The second kappa shape index (κ2) is 6.13. The summed E-state index contributed by atoms with van der Waals surface area (Å²) in [5.74, 6) is 5.39. The van der Waals surface area contributed by atoms with Crippen LogP contribution in [0.4, 0.5) is 4.39 Å². The van der Waals surface area contributed by atoms with E-state index in [2.05, 4.69) is 5.43 Å². The summed E-state index contributed by atoms with van der Waals surface area (Å²) in [7, 11) is 3.06. The van der Waals surface area contributed by atoms with Gasteiger partial charge in [-0.15, -0.1) is 0 Å². The maximum absolute atomic E-state index is 13.6. The number of methoxy groups -OCH3 is 2. The molecular formula is C13H21FN2O2. The van der Waals surface area contributed by atoms with Crippen LogP contribution in [0.1, 0.15) is 19.4 Å². The summed E-state index contributed by atoms with van der Waals surface area (Å²) in [6.45, 7) is 3.86. The topological polar surface area (TPSA) is 56.5 Å². The van der Waals surface area contributed by atoms with Crippen LogP contribution < -0.4 is 16.0 Å². The molecular weight excluding hydrogens is 235 g/mol. The number of hydrogen-bond donors (Lipinski definition) is 2. The molecule has 0 amide bonds. The average molecular weight is 256 g/mol. The third-order valence-corrected chi connectivity index (χ3v) is 3.22. The van der Waals surface area contributed by atoms with Crippen molar-refractivity contribution in [3.05, 3.63) is 29.6 Å². The highest BCUT2D eigenvalue weighted by Crippen LogP contribution is 2.21. The van der Waals surface area contributed by atoms with Gasteiger partial charge in [0.05, 0.1) is 18.8 Å². The van der Waals surface area contributed by atoms with Crippen molar-refractivity contribution in [2.75, 3.05) is 14.2 Å². The van der Waals surface area contributed by atoms with E-state index in [1.807, 2.05) is 19.9 Å². The van der Waals surface area contributed by atoms with Crippen LogP contribution in [0, 0.1) is 5.82 Å². The molecule has 5 heteroatoms. The average Bonchev–Trinajstić information content (AvgIpc) is 2.35. The number of rotatable bonds is 6. The smallest absolute Gasteiger partial charge is 0.165 e. The maximum atomic E-state index is 13.6. The van der Waals surface area contributed by atoms with Crippen LogP contribution in [0.25, 0.3) is 0 Å². The van der Waals surface area contributed by atoms with E-state index < -0.39 is 5.60 Å². The summed E-state index contributed by atoms with van der Waals surface area (Å²) < 4.78 is 23.8. The minimum absolute atomic E-state index is 0.115. The minimum atomic E-state index is -0.439. The Hall–Kier alpha value is -1.17. The van der Waals surface area contributed by atoms with Gasteiger partial charge in [0.2, 0.25) is 0 Å². The van der Waals surface area contributed by atoms with E-state index in [0.29, 0.717) is 6.42 Å². The van der Waals surface area contributed by atoms with Gasteiger partial charge in [-0.1, -0.05) is 6.07 Å². The fraction of sp³-hybridized carbons (Fsp3) is 0.538. The fourth-order valence-corrected chi connectivity index (χ4v) is 1.72. The van der Waals surface area contributed by atoms with Crippen molar-refractivity contribution in [2.45, 2.75) is 31.9 Å². The lowest BCUT2D eigenvalue weighted by Crippen LogP contribution is -2.52. The summed E-state index contributed by atoms with van der Waals surface area (Å²) in [5, 5.41) is 0. The quantitative estimate of drug-likeness (QED) is 0.600. The van der Waals surface area contributed by atoms with Crippen LogP contribution in [0.3, 0.4) is 0 Å². The van der Waals surface area contributed by atoms with E-state index in [9.17, 15) is 4.39 Å². The monoisotopic (exact) mass is 256 g/mol. The molecule has 0 aliphatic carbocycles. The Morgan fingerprint density at radius 2 is 2.06 bits per heavy atom. The van der Waals surface area contributed by atoms with Crippen molar-refractivity contribution in [2.24, 2.45) is 5.84 Å². The zero-order valence-electron chi connectivity index (χ0n) is 11.3. The molecule has 0 saturated heterocycles.